The number of aryl methyl sites for hydroxylation is 1. The van der Waals surface area contributed by atoms with Crippen LogP contribution in [0.5, 0.6) is 5.75 Å². The van der Waals surface area contributed by atoms with E-state index < -0.39 is 0 Å². The number of pyridine rings is 1. The lowest BCUT2D eigenvalue weighted by Gasteiger charge is -2.27. The predicted molar refractivity (Wildman–Crippen MR) is 188 cm³/mol. The first-order chi connectivity index (χ1) is 21.6. The number of carbonyl (C=O) groups is 1. The van der Waals surface area contributed by atoms with Gasteiger partial charge in [0.2, 0.25) is 0 Å². The highest BCUT2D eigenvalue weighted by molar-refractivity contribution is 6.06. The van der Waals surface area contributed by atoms with Crippen LogP contribution in [0.2, 0.25) is 0 Å². The van der Waals surface area contributed by atoms with Gasteiger partial charge in [0, 0.05) is 24.9 Å². The molecule has 0 bridgehead atoms. The van der Waals surface area contributed by atoms with E-state index in [4.69, 9.17) is 9.72 Å². The van der Waals surface area contributed by atoms with Gasteiger partial charge in [-0.2, -0.15) is 0 Å². The second kappa shape index (κ2) is 19.4. The number of rotatable bonds is 6. The molecule has 1 saturated heterocycles. The summed E-state index contributed by atoms with van der Waals surface area (Å²) in [5.74, 6) is 1.21. The molecule has 4 aromatic rings. The topological polar surface area (TPSA) is 42.4 Å². The van der Waals surface area contributed by atoms with Crippen molar-refractivity contribution in [3.63, 3.8) is 0 Å². The fraction of sp³-hybridized carbons (Fsp3) is 0.400. The van der Waals surface area contributed by atoms with Gasteiger partial charge in [-0.05, 0) is 67.2 Å². The van der Waals surface area contributed by atoms with Gasteiger partial charge in [0.1, 0.15) is 5.75 Å². The number of carbonyl (C=O) groups excluding carboxylic acids is 1. The van der Waals surface area contributed by atoms with Crippen molar-refractivity contribution in [3.8, 4) is 5.75 Å². The summed E-state index contributed by atoms with van der Waals surface area (Å²) in [6, 6.07) is 26.3. The molecular weight excluding hydrogens is 540 g/mol. The van der Waals surface area contributed by atoms with Crippen LogP contribution in [-0.4, -0.2) is 35.5 Å². The summed E-state index contributed by atoms with van der Waals surface area (Å²) in [5.41, 5.74) is 6.18. The molecule has 0 atom stereocenters. The van der Waals surface area contributed by atoms with Gasteiger partial charge in [0.25, 0.3) is 5.91 Å². The van der Waals surface area contributed by atoms with Crippen LogP contribution in [0, 0.1) is 6.92 Å². The van der Waals surface area contributed by atoms with Gasteiger partial charge in [-0.15, -0.1) is 0 Å². The zero-order chi connectivity index (χ0) is 31.6. The third-order valence-electron chi connectivity index (χ3n) is 7.66. The Labute approximate surface area is 266 Å². The molecule has 0 saturated carbocycles. The molecule has 44 heavy (non-hydrogen) atoms. The van der Waals surface area contributed by atoms with Crippen LogP contribution in [0.15, 0.2) is 78.9 Å². The number of para-hydroxylation sites is 1. The Balaban J connectivity index is 0.000000240. The highest BCUT2D eigenvalue weighted by atomic mass is 16.5. The van der Waals surface area contributed by atoms with E-state index in [2.05, 4.69) is 51.1 Å². The molecule has 0 spiro atoms. The quantitative estimate of drug-likeness (QED) is 0.209. The second-order valence-electron chi connectivity index (χ2n) is 11.1. The number of nitrogens with zero attached hydrogens (tertiary/aromatic N) is 2. The number of unbranched alkanes of at least 4 members (excludes halogenated alkanes) is 3. The molecule has 1 aromatic heterocycles. The van der Waals surface area contributed by atoms with Crippen molar-refractivity contribution in [3.05, 3.63) is 107 Å². The fourth-order valence-electron chi connectivity index (χ4n) is 5.24. The standard InChI is InChI=1S/C23H22N2O.C9H10O.C6H14.C2H6/c26-23(25-15-7-2-8-16-25)21-17-19(14-13-18-9-3-1-4-10-18)24-22-12-6-5-11-20(21)22;1-7-2-3-8-4-5-10-9(8)6-7;1-3-5-6-4-2;1-2/h1,3-6,9-14,17H,2,7-8,15-16H2;2-3,6H,4-5H2,1H3;3-6H2,1-2H3;1-2H3/b14-13+;;;. The lowest BCUT2D eigenvalue weighted by molar-refractivity contribution is 0.0726. The fourth-order valence-corrected chi connectivity index (χ4v) is 5.24. The number of amides is 1. The predicted octanol–water partition coefficient (Wildman–Crippen LogP) is 10.6. The number of hydrogen-bond donors (Lipinski definition) is 0. The minimum absolute atomic E-state index is 0.123. The molecule has 0 N–H and O–H groups in total. The second-order valence-corrected chi connectivity index (χ2v) is 11.1. The van der Waals surface area contributed by atoms with Crippen LogP contribution in [0.4, 0.5) is 0 Å². The molecule has 2 aliphatic rings. The van der Waals surface area contributed by atoms with Crippen LogP contribution in [-0.2, 0) is 6.42 Å². The molecule has 0 aliphatic carbocycles. The lowest BCUT2D eigenvalue weighted by atomic mass is 10.0. The van der Waals surface area contributed by atoms with Crippen molar-refractivity contribution < 1.29 is 9.53 Å². The zero-order valence-corrected chi connectivity index (χ0v) is 27.6. The van der Waals surface area contributed by atoms with E-state index in [1.165, 1.54) is 43.2 Å². The Morgan fingerprint density at radius 2 is 1.52 bits per heavy atom. The maximum atomic E-state index is 13.1. The highest BCUT2D eigenvalue weighted by Crippen LogP contribution is 2.25. The van der Waals surface area contributed by atoms with E-state index in [0.717, 1.165) is 72.4 Å². The van der Waals surface area contributed by atoms with Crippen molar-refractivity contribution in [2.24, 2.45) is 0 Å². The molecular formula is C40H52N2O2. The first-order valence-corrected chi connectivity index (χ1v) is 16.7. The molecule has 4 nitrogen and oxygen atoms in total. The van der Waals surface area contributed by atoms with Crippen LogP contribution in [0.1, 0.15) is 105 Å². The SMILES string of the molecule is CC.CCCCCC.Cc1ccc2c(c1)OCC2.O=C(c1cc(/C=C/c2ccccc2)nc2ccccc12)N1CCCCC1. The minimum atomic E-state index is 0.123. The molecule has 3 aromatic carbocycles. The molecule has 234 valence electrons. The largest absolute Gasteiger partial charge is 0.493 e. The molecule has 6 rings (SSSR count). The van der Waals surface area contributed by atoms with Gasteiger partial charge in [0.15, 0.2) is 0 Å². The average molecular weight is 593 g/mol. The average Bonchev–Trinajstić information content (AvgIpc) is 3.56. The van der Waals surface area contributed by atoms with Gasteiger partial charge in [0.05, 0.1) is 23.4 Å². The molecule has 3 heterocycles. The normalized spacial score (nSPS) is 13.4. The monoisotopic (exact) mass is 592 g/mol. The highest BCUT2D eigenvalue weighted by Gasteiger charge is 2.20. The smallest absolute Gasteiger partial charge is 0.254 e. The number of fused-ring (bicyclic) bond motifs is 2. The Bertz CT molecular complexity index is 1430. The summed E-state index contributed by atoms with van der Waals surface area (Å²) >= 11 is 0. The third kappa shape index (κ3) is 10.7. The summed E-state index contributed by atoms with van der Waals surface area (Å²) in [5, 5.41) is 0.930. The van der Waals surface area contributed by atoms with Crippen molar-refractivity contribution in [1.29, 1.82) is 0 Å². The van der Waals surface area contributed by atoms with Crippen molar-refractivity contribution in [1.82, 2.24) is 9.88 Å². The van der Waals surface area contributed by atoms with Crippen molar-refractivity contribution in [2.45, 2.75) is 86.0 Å². The Morgan fingerprint density at radius 1 is 0.841 bits per heavy atom. The third-order valence-corrected chi connectivity index (χ3v) is 7.66. The van der Waals surface area contributed by atoms with Gasteiger partial charge < -0.3 is 9.64 Å². The number of hydrogen-bond acceptors (Lipinski definition) is 3. The van der Waals surface area contributed by atoms with Gasteiger partial charge in [-0.3, -0.25) is 4.79 Å². The Morgan fingerprint density at radius 3 is 2.23 bits per heavy atom. The maximum absolute atomic E-state index is 13.1. The summed E-state index contributed by atoms with van der Waals surface area (Å²) in [6.45, 7) is 13.1. The van der Waals surface area contributed by atoms with E-state index >= 15 is 0 Å². The van der Waals surface area contributed by atoms with Crippen LogP contribution < -0.4 is 4.74 Å². The number of aromatic nitrogens is 1. The van der Waals surface area contributed by atoms with Crippen molar-refractivity contribution >= 4 is 29.0 Å². The first kappa shape index (κ1) is 34.6. The summed E-state index contributed by atoms with van der Waals surface area (Å²) in [4.78, 5) is 19.8. The lowest BCUT2D eigenvalue weighted by Crippen LogP contribution is -2.35. The Kier molecular flexibility index (Phi) is 15.2. The zero-order valence-electron chi connectivity index (χ0n) is 27.6. The van der Waals surface area contributed by atoms with E-state index in [1.54, 1.807) is 0 Å². The van der Waals surface area contributed by atoms with E-state index in [9.17, 15) is 4.79 Å². The van der Waals surface area contributed by atoms with Crippen LogP contribution in [0.3, 0.4) is 0 Å². The number of likely N-dealkylation sites (tertiary alicyclic amines) is 1. The molecule has 0 radical (unpaired) electrons. The minimum Gasteiger partial charge on any atom is -0.493 e. The number of benzene rings is 3. The molecule has 1 fully saturated rings. The molecule has 0 unspecified atom stereocenters. The summed E-state index contributed by atoms with van der Waals surface area (Å²) < 4.78 is 5.38. The van der Waals surface area contributed by atoms with Crippen LogP contribution >= 0.6 is 0 Å². The maximum Gasteiger partial charge on any atom is 0.254 e. The van der Waals surface area contributed by atoms with Gasteiger partial charge >= 0.3 is 0 Å². The summed E-state index contributed by atoms with van der Waals surface area (Å²) in [7, 11) is 0. The van der Waals surface area contributed by atoms with E-state index in [0.29, 0.717) is 0 Å². The van der Waals surface area contributed by atoms with E-state index in [1.807, 2.05) is 79.4 Å². The first-order valence-electron chi connectivity index (χ1n) is 16.7. The number of ether oxygens (including phenoxy) is 1. The van der Waals surface area contributed by atoms with Crippen LogP contribution in [0.25, 0.3) is 23.1 Å². The molecule has 2 aliphatic heterocycles. The number of piperidine rings is 1. The van der Waals surface area contributed by atoms with Gasteiger partial charge in [-0.25, -0.2) is 4.98 Å². The van der Waals surface area contributed by atoms with Crippen molar-refractivity contribution in [2.75, 3.05) is 19.7 Å². The van der Waals surface area contributed by atoms with Gasteiger partial charge in [-0.1, -0.05) is 120 Å². The van der Waals surface area contributed by atoms with E-state index in [-0.39, 0.29) is 5.91 Å². The molecule has 1 amide bonds. The summed E-state index contributed by atoms with van der Waals surface area (Å²) in [6.07, 6.45) is 14.0. The molecule has 4 heteroatoms. The Hall–Kier alpha value is -3.92.